The number of amides is 2. The third kappa shape index (κ3) is 2.16. The van der Waals surface area contributed by atoms with Crippen molar-refractivity contribution in [3.05, 3.63) is 71.9 Å². The summed E-state index contributed by atoms with van der Waals surface area (Å²) in [5.74, 6) is -0.411. The van der Waals surface area contributed by atoms with Gasteiger partial charge in [-0.2, -0.15) is 5.10 Å². The van der Waals surface area contributed by atoms with E-state index in [-0.39, 0.29) is 5.56 Å². The van der Waals surface area contributed by atoms with Crippen molar-refractivity contribution in [2.24, 2.45) is 0 Å². The Bertz CT molecular complexity index is 1250. The van der Waals surface area contributed by atoms with E-state index in [1.807, 2.05) is 30.3 Å². The molecule has 2 amide bonds. The number of pyridine rings is 1. The Morgan fingerprint density at radius 2 is 1.71 bits per heavy atom. The summed E-state index contributed by atoms with van der Waals surface area (Å²) in [4.78, 5) is 31.8. The minimum atomic E-state index is -0.431. The van der Waals surface area contributed by atoms with Crippen LogP contribution >= 0.6 is 0 Å². The predicted octanol–water partition coefficient (Wildman–Crippen LogP) is 3.43. The highest BCUT2D eigenvalue weighted by molar-refractivity contribution is 6.38. The van der Waals surface area contributed by atoms with E-state index in [1.54, 1.807) is 24.3 Å². The van der Waals surface area contributed by atoms with Crippen LogP contribution in [0.1, 0.15) is 20.7 Å². The number of fused-ring (bicyclic) bond motifs is 3. The molecule has 5 rings (SSSR count). The van der Waals surface area contributed by atoms with Crippen LogP contribution in [-0.4, -0.2) is 34.1 Å². The fourth-order valence-electron chi connectivity index (χ4n) is 3.54. The first-order valence-electron chi connectivity index (χ1n) is 8.65. The lowest BCUT2D eigenvalue weighted by molar-refractivity contribution is 0.0925. The molecule has 1 aliphatic heterocycles. The number of hydrogen-bond acceptors (Lipinski definition) is 5. The Balaban J connectivity index is 1.75. The maximum absolute atomic E-state index is 13.4. The number of nitrogens with one attached hydrogen (secondary N) is 1. The minimum Gasteiger partial charge on any atom is -0.495 e. The highest BCUT2D eigenvalue weighted by Gasteiger charge is 2.41. The molecule has 0 spiro atoms. The number of aromatic nitrogens is 3. The van der Waals surface area contributed by atoms with Crippen molar-refractivity contribution in [2.45, 2.75) is 0 Å². The number of carbonyl (C=O) groups is 2. The van der Waals surface area contributed by atoms with Crippen LogP contribution in [0.25, 0.3) is 22.3 Å². The summed E-state index contributed by atoms with van der Waals surface area (Å²) >= 11 is 0. The molecule has 0 unspecified atom stereocenters. The number of imide groups is 1. The average molecular weight is 370 g/mol. The number of methoxy groups -OCH3 is 1. The lowest BCUT2D eigenvalue weighted by atomic mass is 10.0. The van der Waals surface area contributed by atoms with Crippen molar-refractivity contribution in [1.29, 1.82) is 0 Å². The number of carbonyl (C=O) groups excluding carboxylic acids is 2. The van der Waals surface area contributed by atoms with Crippen molar-refractivity contribution in [2.75, 3.05) is 12.0 Å². The fraction of sp³-hybridized carbons (Fsp3) is 0.0476. The zero-order valence-electron chi connectivity index (χ0n) is 14.8. The van der Waals surface area contributed by atoms with Crippen molar-refractivity contribution in [3.63, 3.8) is 0 Å². The van der Waals surface area contributed by atoms with E-state index in [1.165, 1.54) is 13.3 Å². The summed E-state index contributed by atoms with van der Waals surface area (Å²) in [5.41, 5.74) is 2.85. The molecule has 4 aromatic rings. The molecule has 2 aromatic carbocycles. The van der Waals surface area contributed by atoms with Crippen LogP contribution in [0.2, 0.25) is 0 Å². The molecule has 0 saturated heterocycles. The molecule has 0 bridgehead atoms. The number of aromatic amines is 1. The van der Waals surface area contributed by atoms with Crippen LogP contribution < -0.4 is 9.64 Å². The molecule has 0 aliphatic carbocycles. The van der Waals surface area contributed by atoms with Gasteiger partial charge in [0, 0.05) is 11.8 Å². The summed E-state index contributed by atoms with van der Waals surface area (Å²) in [7, 11) is 1.50. The molecule has 0 radical (unpaired) electrons. The third-order valence-corrected chi connectivity index (χ3v) is 4.82. The summed E-state index contributed by atoms with van der Waals surface area (Å²) < 4.78 is 5.34. The van der Waals surface area contributed by atoms with Gasteiger partial charge >= 0.3 is 0 Å². The number of hydrogen-bond donors (Lipinski definition) is 1. The van der Waals surface area contributed by atoms with Gasteiger partial charge in [-0.3, -0.25) is 14.7 Å². The van der Waals surface area contributed by atoms with Gasteiger partial charge in [-0.15, -0.1) is 0 Å². The molecule has 2 aromatic heterocycles. The first kappa shape index (κ1) is 16.2. The second-order valence-electron chi connectivity index (χ2n) is 6.33. The molecule has 0 saturated carbocycles. The van der Waals surface area contributed by atoms with E-state index in [0.29, 0.717) is 33.7 Å². The summed E-state index contributed by atoms with van der Waals surface area (Å²) in [6.07, 6.45) is 1.41. The zero-order valence-corrected chi connectivity index (χ0v) is 14.8. The smallest absolute Gasteiger partial charge is 0.267 e. The van der Waals surface area contributed by atoms with Crippen LogP contribution in [0.4, 0.5) is 5.69 Å². The van der Waals surface area contributed by atoms with Gasteiger partial charge < -0.3 is 4.74 Å². The standard InChI is InChI=1S/C21H14N4O3/c1-28-15-10-6-5-9-14(15)25-20(26)13-11-22-19-17(16(13)21(25)27)18(23-24-19)12-7-3-2-4-8-12/h2-11H,1H3,(H,22,23,24). The van der Waals surface area contributed by atoms with E-state index in [2.05, 4.69) is 15.2 Å². The first-order valence-corrected chi connectivity index (χ1v) is 8.65. The number of ether oxygens (including phenoxy) is 1. The van der Waals surface area contributed by atoms with Crippen LogP contribution in [0, 0.1) is 0 Å². The van der Waals surface area contributed by atoms with Gasteiger partial charge in [0.25, 0.3) is 11.8 Å². The Labute approximate surface area is 159 Å². The van der Waals surface area contributed by atoms with Crippen molar-refractivity contribution >= 4 is 28.5 Å². The molecular formula is C21H14N4O3. The number of para-hydroxylation sites is 2. The van der Waals surface area contributed by atoms with E-state index in [4.69, 9.17) is 4.74 Å². The number of H-pyrrole nitrogens is 1. The second-order valence-corrected chi connectivity index (χ2v) is 6.33. The van der Waals surface area contributed by atoms with Gasteiger partial charge in [0.05, 0.1) is 35.0 Å². The lowest BCUT2D eigenvalue weighted by Gasteiger charge is -2.16. The van der Waals surface area contributed by atoms with Crippen molar-refractivity contribution < 1.29 is 14.3 Å². The normalized spacial score (nSPS) is 13.2. The van der Waals surface area contributed by atoms with Gasteiger partial charge in [-0.25, -0.2) is 9.88 Å². The fourth-order valence-corrected chi connectivity index (χ4v) is 3.54. The Kier molecular flexibility index (Phi) is 3.48. The maximum Gasteiger partial charge on any atom is 0.267 e. The van der Waals surface area contributed by atoms with Gasteiger partial charge in [0.2, 0.25) is 0 Å². The Morgan fingerprint density at radius 3 is 2.50 bits per heavy atom. The summed E-state index contributed by atoms with van der Waals surface area (Å²) in [5, 5.41) is 7.71. The second kappa shape index (κ2) is 6.02. The highest BCUT2D eigenvalue weighted by Crippen LogP contribution is 2.38. The topological polar surface area (TPSA) is 88.2 Å². The molecule has 1 aliphatic rings. The number of benzene rings is 2. The molecule has 0 atom stereocenters. The summed E-state index contributed by atoms with van der Waals surface area (Å²) in [6.45, 7) is 0. The molecule has 1 N–H and O–H groups in total. The van der Waals surface area contributed by atoms with E-state index < -0.39 is 11.8 Å². The van der Waals surface area contributed by atoms with Gasteiger partial charge in [0.15, 0.2) is 5.65 Å². The molecular weight excluding hydrogens is 356 g/mol. The SMILES string of the molecule is COc1ccccc1N1C(=O)c2cnc3n[nH]c(-c4ccccc4)c3c2C1=O. The number of rotatable bonds is 3. The van der Waals surface area contributed by atoms with E-state index >= 15 is 0 Å². The summed E-state index contributed by atoms with van der Waals surface area (Å²) in [6, 6.07) is 16.4. The third-order valence-electron chi connectivity index (χ3n) is 4.82. The van der Waals surface area contributed by atoms with E-state index in [9.17, 15) is 9.59 Å². The van der Waals surface area contributed by atoms with Gasteiger partial charge in [-0.1, -0.05) is 42.5 Å². The van der Waals surface area contributed by atoms with Crippen LogP contribution in [0.5, 0.6) is 5.75 Å². The quantitative estimate of drug-likeness (QED) is 0.558. The zero-order chi connectivity index (χ0) is 19.3. The van der Waals surface area contributed by atoms with Crippen molar-refractivity contribution in [3.8, 4) is 17.0 Å². The largest absolute Gasteiger partial charge is 0.495 e. The Morgan fingerprint density at radius 1 is 0.964 bits per heavy atom. The molecule has 3 heterocycles. The first-order chi connectivity index (χ1) is 13.7. The minimum absolute atomic E-state index is 0.252. The number of nitrogens with zero attached hydrogens (tertiary/aromatic N) is 3. The molecule has 28 heavy (non-hydrogen) atoms. The van der Waals surface area contributed by atoms with Crippen molar-refractivity contribution in [1.82, 2.24) is 15.2 Å². The maximum atomic E-state index is 13.4. The average Bonchev–Trinajstić information content (AvgIpc) is 3.28. The molecule has 136 valence electrons. The Hall–Kier alpha value is -4.00. The lowest BCUT2D eigenvalue weighted by Crippen LogP contribution is -2.29. The van der Waals surface area contributed by atoms with Crippen LogP contribution in [-0.2, 0) is 0 Å². The van der Waals surface area contributed by atoms with Gasteiger partial charge in [-0.05, 0) is 12.1 Å². The molecule has 7 heteroatoms. The van der Waals surface area contributed by atoms with Crippen LogP contribution in [0.3, 0.4) is 0 Å². The molecule has 7 nitrogen and oxygen atoms in total. The highest BCUT2D eigenvalue weighted by atomic mass is 16.5. The monoisotopic (exact) mass is 370 g/mol. The van der Waals surface area contributed by atoms with Gasteiger partial charge in [0.1, 0.15) is 5.75 Å². The number of anilines is 1. The molecule has 0 fully saturated rings. The van der Waals surface area contributed by atoms with E-state index in [0.717, 1.165) is 10.5 Å². The predicted molar refractivity (Wildman–Crippen MR) is 103 cm³/mol. The van der Waals surface area contributed by atoms with Crippen LogP contribution in [0.15, 0.2) is 60.8 Å².